The van der Waals surface area contributed by atoms with Gasteiger partial charge >= 0.3 is 0 Å². The zero-order valence-corrected chi connectivity index (χ0v) is 11.2. The number of hydrogen-bond acceptors (Lipinski definition) is 2. The van der Waals surface area contributed by atoms with E-state index in [9.17, 15) is 5.11 Å². The molecule has 2 atom stereocenters. The predicted octanol–water partition coefficient (Wildman–Crippen LogP) is 3.84. The molecule has 1 aromatic carbocycles. The van der Waals surface area contributed by atoms with Gasteiger partial charge in [-0.3, -0.25) is 0 Å². The van der Waals surface area contributed by atoms with Crippen LogP contribution in [-0.4, -0.2) is 17.8 Å². The largest absolute Gasteiger partial charge is 0.386 e. The van der Waals surface area contributed by atoms with Crippen LogP contribution in [-0.2, 0) is 4.74 Å². The highest BCUT2D eigenvalue weighted by Crippen LogP contribution is 2.42. The molecule has 2 rings (SSSR count). The summed E-state index contributed by atoms with van der Waals surface area (Å²) in [7, 11) is 0. The van der Waals surface area contributed by atoms with Crippen molar-refractivity contribution >= 4 is 23.2 Å². The molecule has 17 heavy (non-hydrogen) atoms. The minimum absolute atomic E-state index is 0.170. The first-order chi connectivity index (χ1) is 8.15. The molecule has 0 amide bonds. The van der Waals surface area contributed by atoms with E-state index in [2.05, 4.69) is 0 Å². The monoisotopic (exact) mass is 274 g/mol. The standard InChI is InChI=1S/C13H16Cl2O2/c1-2-17-13(8-6-7-8)12(16)9-4-3-5-10(14)11(9)15/h3-5,8,12-13,16H,2,6-7H2,1H3. The molecular weight excluding hydrogens is 259 g/mol. The van der Waals surface area contributed by atoms with Crippen LogP contribution in [0.1, 0.15) is 31.4 Å². The van der Waals surface area contributed by atoms with Crippen LogP contribution < -0.4 is 0 Å². The normalized spacial score (nSPS) is 19.1. The van der Waals surface area contributed by atoms with Gasteiger partial charge in [-0.05, 0) is 31.7 Å². The average molecular weight is 275 g/mol. The summed E-state index contributed by atoms with van der Waals surface area (Å²) in [4.78, 5) is 0. The topological polar surface area (TPSA) is 29.5 Å². The Labute approximate surface area is 111 Å². The SMILES string of the molecule is CCOC(C1CC1)C(O)c1cccc(Cl)c1Cl. The van der Waals surface area contributed by atoms with Gasteiger partial charge in [-0.15, -0.1) is 0 Å². The van der Waals surface area contributed by atoms with Gasteiger partial charge in [0.25, 0.3) is 0 Å². The smallest absolute Gasteiger partial charge is 0.107 e. The molecule has 0 saturated heterocycles. The van der Waals surface area contributed by atoms with Crippen LogP contribution in [0.2, 0.25) is 10.0 Å². The van der Waals surface area contributed by atoms with Gasteiger partial charge < -0.3 is 9.84 Å². The Morgan fingerprint density at radius 1 is 1.41 bits per heavy atom. The lowest BCUT2D eigenvalue weighted by Crippen LogP contribution is -2.24. The molecule has 0 radical (unpaired) electrons. The third kappa shape index (κ3) is 2.94. The van der Waals surface area contributed by atoms with Crippen molar-refractivity contribution in [2.24, 2.45) is 5.92 Å². The molecule has 0 spiro atoms. The van der Waals surface area contributed by atoms with E-state index in [1.165, 1.54) is 0 Å². The van der Waals surface area contributed by atoms with E-state index in [1.54, 1.807) is 18.2 Å². The van der Waals surface area contributed by atoms with Crippen molar-refractivity contribution in [2.45, 2.75) is 32.0 Å². The Kier molecular flexibility index (Phi) is 4.31. The second-order valence-electron chi connectivity index (χ2n) is 4.35. The number of aliphatic hydroxyl groups is 1. The molecule has 2 nitrogen and oxygen atoms in total. The Balaban J connectivity index is 2.21. The summed E-state index contributed by atoms with van der Waals surface area (Å²) >= 11 is 12.1. The van der Waals surface area contributed by atoms with Crippen LogP contribution in [0.3, 0.4) is 0 Å². The maximum atomic E-state index is 10.4. The van der Waals surface area contributed by atoms with E-state index in [4.69, 9.17) is 27.9 Å². The molecule has 94 valence electrons. The number of ether oxygens (including phenoxy) is 1. The zero-order chi connectivity index (χ0) is 12.4. The van der Waals surface area contributed by atoms with Gasteiger partial charge in [-0.2, -0.15) is 0 Å². The maximum absolute atomic E-state index is 10.4. The fraction of sp³-hybridized carbons (Fsp3) is 0.538. The van der Waals surface area contributed by atoms with E-state index >= 15 is 0 Å². The number of hydrogen-bond donors (Lipinski definition) is 1. The lowest BCUT2D eigenvalue weighted by atomic mass is 10.0. The Morgan fingerprint density at radius 2 is 2.12 bits per heavy atom. The molecule has 1 aliphatic rings. The lowest BCUT2D eigenvalue weighted by Gasteiger charge is -2.24. The quantitative estimate of drug-likeness (QED) is 0.884. The first-order valence-corrected chi connectivity index (χ1v) is 6.64. The Morgan fingerprint density at radius 3 is 2.71 bits per heavy atom. The van der Waals surface area contributed by atoms with Crippen molar-refractivity contribution in [3.05, 3.63) is 33.8 Å². The van der Waals surface area contributed by atoms with Crippen molar-refractivity contribution < 1.29 is 9.84 Å². The number of halogens is 2. The van der Waals surface area contributed by atoms with Gasteiger partial charge in [0.2, 0.25) is 0 Å². The summed E-state index contributed by atoms with van der Waals surface area (Å²) in [5.74, 6) is 0.444. The molecular formula is C13H16Cl2O2. The van der Waals surface area contributed by atoms with Gasteiger partial charge in [0.05, 0.1) is 16.1 Å². The Bertz CT molecular complexity index is 391. The highest BCUT2D eigenvalue weighted by atomic mass is 35.5. The molecule has 1 aliphatic carbocycles. The average Bonchev–Trinajstić information content (AvgIpc) is 3.13. The summed E-state index contributed by atoms with van der Waals surface area (Å²) < 4.78 is 5.63. The van der Waals surface area contributed by atoms with Gasteiger partial charge in [-0.25, -0.2) is 0 Å². The third-order valence-corrected chi connectivity index (χ3v) is 3.89. The molecule has 1 N–H and O–H groups in total. The van der Waals surface area contributed by atoms with E-state index in [0.717, 1.165) is 12.8 Å². The minimum Gasteiger partial charge on any atom is -0.386 e. The van der Waals surface area contributed by atoms with E-state index in [0.29, 0.717) is 28.1 Å². The summed E-state index contributed by atoms with van der Waals surface area (Å²) in [6.45, 7) is 2.53. The van der Waals surface area contributed by atoms with Crippen molar-refractivity contribution in [2.75, 3.05) is 6.61 Å². The van der Waals surface area contributed by atoms with Crippen LogP contribution >= 0.6 is 23.2 Å². The molecule has 0 bridgehead atoms. The van der Waals surface area contributed by atoms with E-state index in [1.807, 2.05) is 6.92 Å². The van der Waals surface area contributed by atoms with Crippen molar-refractivity contribution in [1.82, 2.24) is 0 Å². The van der Waals surface area contributed by atoms with Crippen LogP contribution in [0, 0.1) is 5.92 Å². The second-order valence-corrected chi connectivity index (χ2v) is 5.13. The molecule has 4 heteroatoms. The molecule has 2 unspecified atom stereocenters. The number of rotatable bonds is 5. The number of benzene rings is 1. The van der Waals surface area contributed by atoms with Gasteiger partial charge in [-0.1, -0.05) is 35.3 Å². The first-order valence-electron chi connectivity index (χ1n) is 5.88. The Hall–Kier alpha value is -0.280. The molecule has 0 heterocycles. The molecule has 0 aromatic heterocycles. The summed E-state index contributed by atoms with van der Waals surface area (Å²) in [5.41, 5.74) is 0.657. The van der Waals surface area contributed by atoms with Crippen molar-refractivity contribution in [3.8, 4) is 0 Å². The molecule has 1 saturated carbocycles. The lowest BCUT2D eigenvalue weighted by molar-refractivity contribution is -0.0461. The highest BCUT2D eigenvalue weighted by molar-refractivity contribution is 6.42. The van der Waals surface area contributed by atoms with E-state index < -0.39 is 6.10 Å². The van der Waals surface area contributed by atoms with Gasteiger partial charge in [0, 0.05) is 12.2 Å². The minimum atomic E-state index is -0.700. The predicted molar refractivity (Wildman–Crippen MR) is 69.6 cm³/mol. The molecule has 1 fully saturated rings. The van der Waals surface area contributed by atoms with E-state index in [-0.39, 0.29) is 6.10 Å². The number of aliphatic hydroxyl groups excluding tert-OH is 1. The summed E-state index contributed by atoms with van der Waals surface area (Å²) in [6.07, 6.45) is 1.35. The van der Waals surface area contributed by atoms with Gasteiger partial charge in [0.15, 0.2) is 0 Å². The van der Waals surface area contributed by atoms with Crippen LogP contribution in [0.15, 0.2) is 18.2 Å². The van der Waals surface area contributed by atoms with Crippen molar-refractivity contribution in [1.29, 1.82) is 0 Å². The van der Waals surface area contributed by atoms with Crippen LogP contribution in [0.25, 0.3) is 0 Å². The third-order valence-electron chi connectivity index (χ3n) is 3.06. The molecule has 1 aromatic rings. The summed E-state index contributed by atoms with van der Waals surface area (Å²) in [6, 6.07) is 5.31. The van der Waals surface area contributed by atoms with Crippen LogP contribution in [0.4, 0.5) is 0 Å². The second kappa shape index (κ2) is 5.57. The van der Waals surface area contributed by atoms with Crippen LogP contribution in [0.5, 0.6) is 0 Å². The van der Waals surface area contributed by atoms with Crippen molar-refractivity contribution in [3.63, 3.8) is 0 Å². The maximum Gasteiger partial charge on any atom is 0.107 e. The zero-order valence-electron chi connectivity index (χ0n) is 9.70. The fourth-order valence-corrected chi connectivity index (χ4v) is 2.45. The molecule has 0 aliphatic heterocycles. The first kappa shape index (κ1) is 13.2. The van der Waals surface area contributed by atoms with Gasteiger partial charge in [0.1, 0.15) is 6.10 Å². The highest BCUT2D eigenvalue weighted by Gasteiger charge is 2.37. The fourth-order valence-electron chi connectivity index (χ4n) is 2.03. The summed E-state index contributed by atoms with van der Waals surface area (Å²) in [5, 5.41) is 11.2.